The Kier molecular flexibility index (Phi) is 4.20. The van der Waals surface area contributed by atoms with E-state index in [2.05, 4.69) is 11.1 Å². The fourth-order valence-corrected chi connectivity index (χ4v) is 2.45. The number of rotatable bonds is 3. The van der Waals surface area contributed by atoms with Gasteiger partial charge in [-0.1, -0.05) is 29.3 Å². The van der Waals surface area contributed by atoms with Gasteiger partial charge >= 0.3 is 5.97 Å². The molecule has 0 saturated carbocycles. The van der Waals surface area contributed by atoms with Gasteiger partial charge in [0.2, 0.25) is 0 Å². The second-order valence-electron chi connectivity index (χ2n) is 4.71. The first-order valence-corrected chi connectivity index (χ1v) is 7.32. The van der Waals surface area contributed by atoms with Crippen molar-refractivity contribution in [3.63, 3.8) is 0 Å². The Morgan fingerprint density at radius 1 is 1.39 bits per heavy atom. The lowest BCUT2D eigenvalue weighted by Crippen LogP contribution is -2.06. The third kappa shape index (κ3) is 3.00. The van der Waals surface area contributed by atoms with E-state index in [-0.39, 0.29) is 22.3 Å². The van der Waals surface area contributed by atoms with Crippen molar-refractivity contribution in [1.82, 2.24) is 9.38 Å². The minimum atomic E-state index is -0.588. The molecular weight excluding hydrogens is 337 g/mol. The van der Waals surface area contributed by atoms with Crippen LogP contribution in [0.3, 0.4) is 0 Å². The van der Waals surface area contributed by atoms with Crippen molar-refractivity contribution in [1.29, 1.82) is 5.26 Å². The summed E-state index contributed by atoms with van der Waals surface area (Å²) in [6, 6.07) is 9.04. The number of nitriles is 1. The largest absolute Gasteiger partial charge is 0.457 e. The highest BCUT2D eigenvalue weighted by Crippen LogP contribution is 2.21. The molecule has 5 nitrogen and oxygen atoms in total. The highest BCUT2D eigenvalue weighted by Gasteiger charge is 2.14. The van der Waals surface area contributed by atoms with Crippen LogP contribution in [0.4, 0.5) is 0 Å². The standard InChI is InChI=1S/C16H9Cl2N3O2/c17-13-5-10(7-20-15(13)18)16(22)23-9-11-8-21-4-2-1-3-14(21)12(11)6-19/h1-5,7-8H,9H2. The van der Waals surface area contributed by atoms with Crippen LogP contribution in [0.5, 0.6) is 0 Å². The second kappa shape index (κ2) is 6.29. The molecule has 7 heteroatoms. The monoisotopic (exact) mass is 345 g/mol. The fraction of sp³-hybridized carbons (Fsp3) is 0.0625. The van der Waals surface area contributed by atoms with Crippen molar-refractivity contribution in [2.24, 2.45) is 0 Å². The molecule has 0 aliphatic rings. The fourth-order valence-electron chi connectivity index (χ4n) is 2.18. The molecule has 0 fully saturated rings. The molecule has 0 amide bonds. The van der Waals surface area contributed by atoms with Gasteiger partial charge in [0.05, 0.1) is 21.7 Å². The van der Waals surface area contributed by atoms with Gasteiger partial charge in [-0.05, 0) is 18.2 Å². The zero-order valence-electron chi connectivity index (χ0n) is 11.7. The van der Waals surface area contributed by atoms with E-state index in [1.54, 1.807) is 6.20 Å². The molecule has 0 aliphatic carbocycles. The predicted octanol–water partition coefficient (Wildman–Crippen LogP) is 3.87. The topological polar surface area (TPSA) is 67.4 Å². The summed E-state index contributed by atoms with van der Waals surface area (Å²) in [5.41, 5.74) is 2.06. The van der Waals surface area contributed by atoms with Crippen molar-refractivity contribution in [3.05, 3.63) is 69.7 Å². The minimum Gasteiger partial charge on any atom is -0.457 e. The van der Waals surface area contributed by atoms with Crippen molar-refractivity contribution in [2.75, 3.05) is 0 Å². The summed E-state index contributed by atoms with van der Waals surface area (Å²) >= 11 is 11.5. The summed E-state index contributed by atoms with van der Waals surface area (Å²) in [7, 11) is 0. The number of pyridine rings is 2. The number of halogens is 2. The number of carbonyl (C=O) groups is 1. The summed E-state index contributed by atoms with van der Waals surface area (Å²) in [5.74, 6) is -0.588. The summed E-state index contributed by atoms with van der Waals surface area (Å²) in [6.45, 7) is -0.0242. The van der Waals surface area contributed by atoms with E-state index >= 15 is 0 Å². The number of hydrogen-bond acceptors (Lipinski definition) is 4. The first-order valence-electron chi connectivity index (χ1n) is 6.57. The van der Waals surface area contributed by atoms with E-state index in [4.69, 9.17) is 27.9 Å². The summed E-state index contributed by atoms with van der Waals surface area (Å²) in [6.07, 6.45) is 4.87. The highest BCUT2D eigenvalue weighted by molar-refractivity contribution is 6.41. The smallest absolute Gasteiger partial charge is 0.340 e. The van der Waals surface area contributed by atoms with Crippen LogP contribution in [0.25, 0.3) is 5.52 Å². The van der Waals surface area contributed by atoms with Gasteiger partial charge in [0, 0.05) is 24.2 Å². The molecule has 3 aromatic rings. The molecule has 3 heterocycles. The number of nitrogens with zero attached hydrogens (tertiary/aromatic N) is 3. The highest BCUT2D eigenvalue weighted by atomic mass is 35.5. The van der Waals surface area contributed by atoms with Gasteiger partial charge < -0.3 is 9.14 Å². The van der Waals surface area contributed by atoms with Gasteiger partial charge in [-0.25, -0.2) is 9.78 Å². The Balaban J connectivity index is 1.82. The summed E-state index contributed by atoms with van der Waals surface area (Å²) in [4.78, 5) is 15.8. The third-order valence-electron chi connectivity index (χ3n) is 3.26. The number of aromatic nitrogens is 2. The Morgan fingerprint density at radius 3 is 2.96 bits per heavy atom. The van der Waals surface area contributed by atoms with Crippen molar-refractivity contribution >= 4 is 34.7 Å². The van der Waals surface area contributed by atoms with Crippen LogP contribution < -0.4 is 0 Å². The van der Waals surface area contributed by atoms with E-state index in [0.717, 1.165) is 5.52 Å². The first-order chi connectivity index (χ1) is 11.1. The van der Waals surface area contributed by atoms with Gasteiger partial charge in [-0.15, -0.1) is 0 Å². The zero-order valence-corrected chi connectivity index (χ0v) is 13.2. The summed E-state index contributed by atoms with van der Waals surface area (Å²) < 4.78 is 7.04. The lowest BCUT2D eigenvalue weighted by atomic mass is 10.2. The van der Waals surface area contributed by atoms with Gasteiger partial charge in [-0.2, -0.15) is 5.26 Å². The van der Waals surface area contributed by atoms with Gasteiger partial charge in [0.25, 0.3) is 0 Å². The van der Waals surface area contributed by atoms with Gasteiger partial charge in [-0.3, -0.25) is 0 Å². The van der Waals surface area contributed by atoms with E-state index < -0.39 is 5.97 Å². The zero-order chi connectivity index (χ0) is 16.4. The van der Waals surface area contributed by atoms with Crippen molar-refractivity contribution in [2.45, 2.75) is 6.61 Å². The van der Waals surface area contributed by atoms with Crippen LogP contribution in [-0.4, -0.2) is 15.4 Å². The molecule has 0 atom stereocenters. The maximum absolute atomic E-state index is 12.0. The maximum atomic E-state index is 12.0. The molecule has 114 valence electrons. The van der Waals surface area contributed by atoms with E-state index in [0.29, 0.717) is 11.1 Å². The third-order valence-corrected chi connectivity index (χ3v) is 3.95. The van der Waals surface area contributed by atoms with Crippen LogP contribution in [0.2, 0.25) is 10.2 Å². The molecule has 0 unspecified atom stereocenters. The molecule has 0 saturated heterocycles. The number of esters is 1. The molecule has 0 aromatic carbocycles. The number of hydrogen-bond donors (Lipinski definition) is 0. The van der Waals surface area contributed by atoms with Crippen LogP contribution in [0, 0.1) is 11.3 Å². The molecule has 3 rings (SSSR count). The van der Waals surface area contributed by atoms with Crippen LogP contribution in [-0.2, 0) is 11.3 Å². The molecule has 0 aliphatic heterocycles. The molecule has 23 heavy (non-hydrogen) atoms. The molecule has 0 radical (unpaired) electrons. The van der Waals surface area contributed by atoms with Crippen molar-refractivity contribution in [3.8, 4) is 6.07 Å². The second-order valence-corrected chi connectivity index (χ2v) is 5.47. The Labute approximate surface area is 141 Å². The number of carbonyl (C=O) groups excluding carboxylic acids is 1. The van der Waals surface area contributed by atoms with E-state index in [1.165, 1.54) is 12.3 Å². The van der Waals surface area contributed by atoms with E-state index in [9.17, 15) is 10.1 Å². The Bertz CT molecular complexity index is 944. The predicted molar refractivity (Wildman–Crippen MR) is 85.5 cm³/mol. The average Bonchev–Trinajstić information content (AvgIpc) is 2.92. The average molecular weight is 346 g/mol. The normalized spacial score (nSPS) is 10.5. The molecule has 3 aromatic heterocycles. The first kappa shape index (κ1) is 15.3. The lowest BCUT2D eigenvalue weighted by molar-refractivity contribution is 0.0472. The quantitative estimate of drug-likeness (QED) is 0.533. The molecule has 0 bridgehead atoms. The molecular formula is C16H9Cl2N3O2. The van der Waals surface area contributed by atoms with E-state index in [1.807, 2.05) is 28.8 Å². The molecule has 0 spiro atoms. The maximum Gasteiger partial charge on any atom is 0.340 e. The lowest BCUT2D eigenvalue weighted by Gasteiger charge is -2.04. The van der Waals surface area contributed by atoms with Crippen LogP contribution in [0.15, 0.2) is 42.9 Å². The Hall–Kier alpha value is -2.55. The minimum absolute atomic E-state index is 0.0242. The van der Waals surface area contributed by atoms with Gasteiger partial charge in [0.1, 0.15) is 17.8 Å². The van der Waals surface area contributed by atoms with Crippen molar-refractivity contribution < 1.29 is 9.53 Å². The summed E-state index contributed by atoms with van der Waals surface area (Å²) in [5, 5.41) is 9.60. The van der Waals surface area contributed by atoms with Crippen LogP contribution >= 0.6 is 23.2 Å². The Morgan fingerprint density at radius 2 is 2.22 bits per heavy atom. The van der Waals surface area contributed by atoms with Crippen LogP contribution in [0.1, 0.15) is 21.5 Å². The molecule has 0 N–H and O–H groups in total. The number of fused-ring (bicyclic) bond motifs is 1. The SMILES string of the molecule is N#Cc1c(COC(=O)c2cnc(Cl)c(Cl)c2)cn2ccccc12. The number of ether oxygens (including phenoxy) is 1. The van der Waals surface area contributed by atoms with Gasteiger partial charge in [0.15, 0.2) is 0 Å².